The Morgan fingerprint density at radius 2 is 2.29 bits per heavy atom. The smallest absolute Gasteiger partial charge is 0.254 e. The Hall–Kier alpha value is -1.58. The molecule has 1 fully saturated rings. The van der Waals surface area contributed by atoms with Gasteiger partial charge < -0.3 is 10.6 Å². The molecule has 0 saturated carbocycles. The van der Waals surface area contributed by atoms with Crippen LogP contribution >= 0.6 is 0 Å². The van der Waals surface area contributed by atoms with Gasteiger partial charge in [-0.15, -0.1) is 0 Å². The van der Waals surface area contributed by atoms with Gasteiger partial charge in [-0.1, -0.05) is 6.92 Å². The molecule has 1 aliphatic rings. The zero-order valence-electron chi connectivity index (χ0n) is 10.4. The molecule has 1 aromatic rings. The minimum absolute atomic E-state index is 0.0775. The SMILES string of the molecule is Cc1cc(C(=O)N2CCCC(C)C2)cc(N)n1. The topological polar surface area (TPSA) is 59.2 Å². The highest BCUT2D eigenvalue weighted by molar-refractivity contribution is 5.95. The third kappa shape index (κ3) is 2.75. The number of amides is 1. The summed E-state index contributed by atoms with van der Waals surface area (Å²) in [5.41, 5.74) is 7.12. The highest BCUT2D eigenvalue weighted by Gasteiger charge is 2.22. The number of aryl methyl sites for hydroxylation is 1. The third-order valence-corrected chi connectivity index (χ3v) is 3.16. The van der Waals surface area contributed by atoms with E-state index in [-0.39, 0.29) is 5.91 Å². The van der Waals surface area contributed by atoms with Crippen molar-refractivity contribution in [3.63, 3.8) is 0 Å². The van der Waals surface area contributed by atoms with Crippen LogP contribution in [-0.4, -0.2) is 28.9 Å². The molecule has 1 amide bonds. The predicted molar refractivity (Wildman–Crippen MR) is 67.7 cm³/mol. The molecule has 4 heteroatoms. The first-order valence-electron chi connectivity index (χ1n) is 6.09. The average Bonchev–Trinajstić information content (AvgIpc) is 2.26. The fraction of sp³-hybridized carbons (Fsp3) is 0.538. The van der Waals surface area contributed by atoms with Crippen molar-refractivity contribution in [2.75, 3.05) is 18.8 Å². The average molecular weight is 233 g/mol. The number of nitrogens with zero attached hydrogens (tertiary/aromatic N) is 2. The van der Waals surface area contributed by atoms with Gasteiger partial charge in [0.15, 0.2) is 0 Å². The maximum absolute atomic E-state index is 12.3. The van der Waals surface area contributed by atoms with Gasteiger partial charge in [0, 0.05) is 24.3 Å². The molecule has 1 saturated heterocycles. The minimum Gasteiger partial charge on any atom is -0.384 e. The van der Waals surface area contributed by atoms with E-state index in [2.05, 4.69) is 11.9 Å². The lowest BCUT2D eigenvalue weighted by atomic mass is 9.99. The Bertz CT molecular complexity index is 410. The van der Waals surface area contributed by atoms with Crippen molar-refractivity contribution in [1.29, 1.82) is 0 Å². The highest BCUT2D eigenvalue weighted by atomic mass is 16.2. The predicted octanol–water partition coefficient (Wildman–Crippen LogP) is 1.84. The summed E-state index contributed by atoms with van der Waals surface area (Å²) in [6.45, 7) is 5.74. The lowest BCUT2D eigenvalue weighted by Crippen LogP contribution is -2.39. The van der Waals surface area contributed by atoms with Crippen LogP contribution < -0.4 is 5.73 Å². The van der Waals surface area contributed by atoms with Crippen LogP contribution in [0.1, 0.15) is 35.8 Å². The van der Waals surface area contributed by atoms with Crippen molar-refractivity contribution < 1.29 is 4.79 Å². The summed E-state index contributed by atoms with van der Waals surface area (Å²) in [6.07, 6.45) is 2.30. The molecule has 0 aliphatic carbocycles. The molecule has 4 nitrogen and oxygen atoms in total. The van der Waals surface area contributed by atoms with Gasteiger partial charge in [0.2, 0.25) is 0 Å². The molecule has 2 rings (SSSR count). The minimum atomic E-state index is 0.0775. The summed E-state index contributed by atoms with van der Waals surface area (Å²) in [5.74, 6) is 1.08. The highest BCUT2D eigenvalue weighted by Crippen LogP contribution is 2.18. The second kappa shape index (κ2) is 4.73. The van der Waals surface area contributed by atoms with E-state index in [9.17, 15) is 4.79 Å². The van der Waals surface area contributed by atoms with Crippen molar-refractivity contribution in [3.05, 3.63) is 23.4 Å². The molecule has 1 aliphatic heterocycles. The molecular weight excluding hydrogens is 214 g/mol. The zero-order chi connectivity index (χ0) is 12.4. The molecule has 0 bridgehead atoms. The van der Waals surface area contributed by atoms with Gasteiger partial charge in [-0.05, 0) is 37.8 Å². The van der Waals surface area contributed by atoms with Crippen molar-refractivity contribution in [1.82, 2.24) is 9.88 Å². The summed E-state index contributed by atoms with van der Waals surface area (Å²) in [4.78, 5) is 18.3. The summed E-state index contributed by atoms with van der Waals surface area (Å²) >= 11 is 0. The normalized spacial score (nSPS) is 20.4. The lowest BCUT2D eigenvalue weighted by molar-refractivity contribution is 0.0683. The Morgan fingerprint density at radius 1 is 1.53 bits per heavy atom. The molecule has 1 aromatic heterocycles. The number of hydrogen-bond acceptors (Lipinski definition) is 3. The van der Waals surface area contributed by atoms with Crippen molar-refractivity contribution in [3.8, 4) is 0 Å². The molecule has 0 radical (unpaired) electrons. The molecular formula is C13H19N3O. The molecule has 0 spiro atoms. The van der Waals surface area contributed by atoms with Crippen LogP contribution in [0.4, 0.5) is 5.82 Å². The summed E-state index contributed by atoms with van der Waals surface area (Å²) in [7, 11) is 0. The number of nitrogens with two attached hydrogens (primary N) is 1. The quantitative estimate of drug-likeness (QED) is 0.805. The standard InChI is InChI=1S/C13H19N3O/c1-9-4-3-5-16(8-9)13(17)11-6-10(2)15-12(14)7-11/h6-7,9H,3-5,8H2,1-2H3,(H2,14,15). The van der Waals surface area contributed by atoms with Gasteiger partial charge in [0.1, 0.15) is 5.82 Å². The second-order valence-corrected chi connectivity index (χ2v) is 4.92. The fourth-order valence-electron chi connectivity index (χ4n) is 2.37. The number of carbonyl (C=O) groups is 1. The number of likely N-dealkylation sites (tertiary alicyclic amines) is 1. The van der Waals surface area contributed by atoms with E-state index in [4.69, 9.17) is 5.73 Å². The maximum Gasteiger partial charge on any atom is 0.254 e. The first-order chi connectivity index (χ1) is 8.06. The van der Waals surface area contributed by atoms with Crippen molar-refractivity contribution in [2.45, 2.75) is 26.7 Å². The number of nitrogen functional groups attached to an aromatic ring is 1. The van der Waals surface area contributed by atoms with Gasteiger partial charge in [-0.3, -0.25) is 4.79 Å². The van der Waals surface area contributed by atoms with Crippen LogP contribution in [0.2, 0.25) is 0 Å². The van der Waals surface area contributed by atoms with Crippen LogP contribution in [0.3, 0.4) is 0 Å². The summed E-state index contributed by atoms with van der Waals surface area (Å²) in [6, 6.07) is 3.46. The van der Waals surface area contributed by atoms with E-state index in [1.807, 2.05) is 11.8 Å². The number of rotatable bonds is 1. The van der Waals surface area contributed by atoms with Gasteiger partial charge in [-0.2, -0.15) is 0 Å². The van der Waals surface area contributed by atoms with E-state index >= 15 is 0 Å². The number of aromatic nitrogens is 1. The Kier molecular flexibility index (Phi) is 3.31. The van der Waals surface area contributed by atoms with Gasteiger partial charge in [-0.25, -0.2) is 4.98 Å². The summed E-state index contributed by atoms with van der Waals surface area (Å²) < 4.78 is 0. The van der Waals surface area contributed by atoms with Crippen LogP contribution in [0.5, 0.6) is 0 Å². The molecule has 2 N–H and O–H groups in total. The van der Waals surface area contributed by atoms with Crippen molar-refractivity contribution in [2.24, 2.45) is 5.92 Å². The molecule has 1 atom stereocenters. The van der Waals surface area contributed by atoms with Gasteiger partial charge in [0.25, 0.3) is 5.91 Å². The Morgan fingerprint density at radius 3 is 2.94 bits per heavy atom. The van der Waals surface area contributed by atoms with E-state index in [1.54, 1.807) is 12.1 Å². The molecule has 2 heterocycles. The van der Waals surface area contributed by atoms with E-state index in [0.29, 0.717) is 17.3 Å². The van der Waals surface area contributed by atoms with Crippen molar-refractivity contribution >= 4 is 11.7 Å². The third-order valence-electron chi connectivity index (χ3n) is 3.16. The van der Waals surface area contributed by atoms with Gasteiger partial charge >= 0.3 is 0 Å². The van der Waals surface area contributed by atoms with E-state index < -0.39 is 0 Å². The first kappa shape index (κ1) is 11.9. The number of carbonyl (C=O) groups excluding carboxylic acids is 1. The number of pyridine rings is 1. The van der Waals surface area contributed by atoms with Gasteiger partial charge in [0.05, 0.1) is 0 Å². The van der Waals surface area contributed by atoms with Crippen LogP contribution in [-0.2, 0) is 0 Å². The second-order valence-electron chi connectivity index (χ2n) is 4.92. The zero-order valence-corrected chi connectivity index (χ0v) is 10.4. The fourth-order valence-corrected chi connectivity index (χ4v) is 2.37. The lowest BCUT2D eigenvalue weighted by Gasteiger charge is -2.31. The maximum atomic E-state index is 12.3. The summed E-state index contributed by atoms with van der Waals surface area (Å²) in [5, 5.41) is 0. The first-order valence-corrected chi connectivity index (χ1v) is 6.09. The monoisotopic (exact) mass is 233 g/mol. The number of anilines is 1. The Labute approximate surface area is 102 Å². The largest absolute Gasteiger partial charge is 0.384 e. The molecule has 0 aromatic carbocycles. The van der Waals surface area contributed by atoms with Crippen LogP contribution in [0.15, 0.2) is 12.1 Å². The Balaban J connectivity index is 2.18. The molecule has 17 heavy (non-hydrogen) atoms. The number of hydrogen-bond donors (Lipinski definition) is 1. The molecule has 92 valence electrons. The molecule has 1 unspecified atom stereocenters. The van der Waals surface area contributed by atoms with E-state index in [1.165, 1.54) is 6.42 Å². The van der Waals surface area contributed by atoms with Crippen LogP contribution in [0.25, 0.3) is 0 Å². The van der Waals surface area contributed by atoms with Crippen LogP contribution in [0, 0.1) is 12.8 Å². The number of piperidine rings is 1. The van der Waals surface area contributed by atoms with E-state index in [0.717, 1.165) is 25.2 Å².